The Balaban J connectivity index is 1.73. The van der Waals surface area contributed by atoms with Crippen molar-refractivity contribution in [3.8, 4) is 0 Å². The maximum Gasteiger partial charge on any atom is 0.309 e. The van der Waals surface area contributed by atoms with Crippen molar-refractivity contribution in [1.82, 2.24) is 14.9 Å². The van der Waals surface area contributed by atoms with E-state index in [9.17, 15) is 14.0 Å². The van der Waals surface area contributed by atoms with Gasteiger partial charge >= 0.3 is 5.97 Å². The Hall–Kier alpha value is -3.30. The van der Waals surface area contributed by atoms with Gasteiger partial charge in [-0.25, -0.2) is 14.4 Å². The Kier molecular flexibility index (Phi) is 6.98. The van der Waals surface area contributed by atoms with Crippen molar-refractivity contribution in [2.75, 3.05) is 44.0 Å². The molecule has 1 N–H and O–H groups in total. The number of aromatic nitrogens is 2. The minimum absolute atomic E-state index is 0.0140. The van der Waals surface area contributed by atoms with Crippen LogP contribution in [0, 0.1) is 17.6 Å². The molecule has 0 aliphatic carbocycles. The molecule has 3 rings (SSSR count). The molecule has 1 aliphatic heterocycles. The molecule has 1 fully saturated rings. The summed E-state index contributed by atoms with van der Waals surface area (Å²) in [5, 5.41) is 2.63. The van der Waals surface area contributed by atoms with Gasteiger partial charge in [-0.3, -0.25) is 9.59 Å². The zero-order chi connectivity index (χ0) is 22.5. The van der Waals surface area contributed by atoms with E-state index in [0.717, 1.165) is 6.07 Å². The van der Waals surface area contributed by atoms with E-state index < -0.39 is 11.6 Å². The second-order valence-electron chi connectivity index (χ2n) is 7.39. The molecule has 0 bridgehead atoms. The van der Waals surface area contributed by atoms with Gasteiger partial charge in [0.25, 0.3) is 5.91 Å². The Morgan fingerprint density at radius 3 is 2.55 bits per heavy atom. The summed E-state index contributed by atoms with van der Waals surface area (Å²) in [4.78, 5) is 34.8. The van der Waals surface area contributed by atoms with E-state index in [0.29, 0.717) is 32.5 Å². The Labute approximate surface area is 179 Å². The van der Waals surface area contributed by atoms with Crippen LogP contribution in [0.15, 0.2) is 24.5 Å². The molecule has 1 amide bonds. The molecule has 31 heavy (non-hydrogen) atoms. The fourth-order valence-electron chi connectivity index (χ4n) is 3.39. The predicted octanol–water partition coefficient (Wildman–Crippen LogP) is 2.98. The molecule has 0 radical (unpaired) electrons. The van der Waals surface area contributed by atoms with Gasteiger partial charge in [0, 0.05) is 32.7 Å². The number of piperidine rings is 1. The Morgan fingerprint density at radius 1 is 1.23 bits per heavy atom. The van der Waals surface area contributed by atoms with Gasteiger partial charge in [-0.05, 0) is 38.0 Å². The van der Waals surface area contributed by atoms with Crippen LogP contribution in [-0.2, 0) is 9.53 Å². The zero-order valence-corrected chi connectivity index (χ0v) is 17.7. The van der Waals surface area contributed by atoms with Gasteiger partial charge in [0.15, 0.2) is 11.6 Å². The summed E-state index contributed by atoms with van der Waals surface area (Å²) in [6, 6.07) is 3.90. The van der Waals surface area contributed by atoms with Crippen molar-refractivity contribution >= 4 is 29.2 Å². The second-order valence-corrected chi connectivity index (χ2v) is 7.39. The van der Waals surface area contributed by atoms with E-state index in [1.54, 1.807) is 25.9 Å². The molecular weight excluding hydrogens is 408 g/mol. The van der Waals surface area contributed by atoms with E-state index in [-0.39, 0.29) is 40.7 Å². The van der Waals surface area contributed by atoms with E-state index in [2.05, 4.69) is 15.3 Å². The number of halogens is 2. The van der Waals surface area contributed by atoms with E-state index in [4.69, 9.17) is 4.74 Å². The molecule has 8 nitrogen and oxygen atoms in total. The fourth-order valence-corrected chi connectivity index (χ4v) is 3.39. The van der Waals surface area contributed by atoms with Crippen LogP contribution in [0.3, 0.4) is 0 Å². The average Bonchev–Trinajstić information content (AvgIpc) is 2.76. The molecule has 1 aromatic carbocycles. The smallest absolute Gasteiger partial charge is 0.309 e. The number of amides is 1. The van der Waals surface area contributed by atoms with Crippen molar-refractivity contribution < 1.29 is 23.1 Å². The summed E-state index contributed by atoms with van der Waals surface area (Å²) in [7, 11) is 3.14. The lowest BCUT2D eigenvalue weighted by atomic mass is 9.97. The van der Waals surface area contributed by atoms with Crippen molar-refractivity contribution in [2.24, 2.45) is 5.92 Å². The highest BCUT2D eigenvalue weighted by Gasteiger charge is 2.28. The number of carbonyl (C=O) groups excluding carboxylic acids is 2. The SMILES string of the molecule is CCOC(=O)C1CCN(c2ncnc(Nc3ccc(C(=O)N(C)C)cc3F)c2F)CC1. The zero-order valence-electron chi connectivity index (χ0n) is 17.7. The van der Waals surface area contributed by atoms with Gasteiger partial charge in [-0.15, -0.1) is 0 Å². The largest absolute Gasteiger partial charge is 0.466 e. The van der Waals surface area contributed by atoms with Gasteiger partial charge in [0.05, 0.1) is 18.2 Å². The summed E-state index contributed by atoms with van der Waals surface area (Å²) < 4.78 is 34.6. The molecule has 1 saturated heterocycles. The lowest BCUT2D eigenvalue weighted by Crippen LogP contribution is -2.38. The number of benzene rings is 1. The molecule has 2 aromatic rings. The molecular formula is C21H25F2N5O3. The van der Waals surface area contributed by atoms with Gasteiger partial charge in [0.1, 0.15) is 12.1 Å². The first-order valence-corrected chi connectivity index (χ1v) is 10.0. The highest BCUT2D eigenvalue weighted by molar-refractivity contribution is 5.94. The van der Waals surface area contributed by atoms with Gasteiger partial charge in [-0.2, -0.15) is 4.39 Å². The lowest BCUT2D eigenvalue weighted by molar-refractivity contribution is -0.148. The fraction of sp³-hybridized carbons (Fsp3) is 0.429. The number of nitrogens with one attached hydrogen (secondary N) is 1. The van der Waals surface area contributed by atoms with Crippen LogP contribution in [0.5, 0.6) is 0 Å². The minimum atomic E-state index is -0.718. The Morgan fingerprint density at radius 2 is 1.94 bits per heavy atom. The first kappa shape index (κ1) is 22.4. The monoisotopic (exact) mass is 433 g/mol. The molecule has 0 unspecified atom stereocenters. The summed E-state index contributed by atoms with van der Waals surface area (Å²) >= 11 is 0. The van der Waals surface area contributed by atoms with Crippen LogP contribution in [0.1, 0.15) is 30.1 Å². The number of carbonyl (C=O) groups is 2. The summed E-state index contributed by atoms with van der Waals surface area (Å²) in [5.41, 5.74) is 0.168. The van der Waals surface area contributed by atoms with Gasteiger partial charge in [-0.1, -0.05) is 0 Å². The first-order valence-electron chi connectivity index (χ1n) is 10.0. The molecule has 10 heteroatoms. The number of rotatable bonds is 6. The van der Waals surface area contributed by atoms with Crippen molar-refractivity contribution in [2.45, 2.75) is 19.8 Å². The molecule has 166 valence electrons. The maximum atomic E-state index is 15.1. The topological polar surface area (TPSA) is 87.7 Å². The third kappa shape index (κ3) is 5.07. The standard InChI is InChI=1S/C21H25F2N5O3/c1-4-31-21(30)13-7-9-28(10-8-13)19-17(23)18(24-12-25-19)26-16-6-5-14(11-15(16)22)20(29)27(2)3/h5-6,11-13H,4,7-10H2,1-3H3,(H,24,25,26). The first-order chi connectivity index (χ1) is 14.8. The number of nitrogens with zero attached hydrogens (tertiary/aromatic N) is 4. The molecule has 1 aliphatic rings. The van der Waals surface area contributed by atoms with Crippen molar-refractivity contribution in [1.29, 1.82) is 0 Å². The van der Waals surface area contributed by atoms with Gasteiger partial charge < -0.3 is 19.9 Å². The second kappa shape index (κ2) is 9.67. The van der Waals surface area contributed by atoms with E-state index in [1.165, 1.54) is 23.4 Å². The van der Waals surface area contributed by atoms with E-state index in [1.807, 2.05) is 0 Å². The molecule has 2 heterocycles. The minimum Gasteiger partial charge on any atom is -0.466 e. The normalized spacial score (nSPS) is 14.3. The molecule has 0 saturated carbocycles. The molecule has 1 aromatic heterocycles. The quantitative estimate of drug-likeness (QED) is 0.701. The number of anilines is 3. The van der Waals surface area contributed by atoms with Crippen molar-refractivity contribution in [3.05, 3.63) is 41.7 Å². The van der Waals surface area contributed by atoms with Crippen LogP contribution in [0.4, 0.5) is 26.1 Å². The third-order valence-corrected chi connectivity index (χ3v) is 5.06. The van der Waals surface area contributed by atoms with Crippen LogP contribution >= 0.6 is 0 Å². The third-order valence-electron chi connectivity index (χ3n) is 5.06. The summed E-state index contributed by atoms with van der Waals surface area (Å²) in [6.07, 6.45) is 2.25. The van der Waals surface area contributed by atoms with Crippen LogP contribution in [0.25, 0.3) is 0 Å². The van der Waals surface area contributed by atoms with Crippen LogP contribution in [-0.4, -0.2) is 60.5 Å². The lowest BCUT2D eigenvalue weighted by Gasteiger charge is -2.31. The number of hydrogen-bond acceptors (Lipinski definition) is 7. The number of esters is 1. The van der Waals surface area contributed by atoms with Crippen LogP contribution in [0.2, 0.25) is 0 Å². The highest BCUT2D eigenvalue weighted by atomic mass is 19.1. The molecule has 0 atom stereocenters. The summed E-state index contributed by atoms with van der Waals surface area (Å²) in [6.45, 7) is 2.96. The van der Waals surface area contributed by atoms with E-state index >= 15 is 4.39 Å². The van der Waals surface area contributed by atoms with Gasteiger partial charge in [0.2, 0.25) is 5.82 Å². The van der Waals surface area contributed by atoms with Crippen LogP contribution < -0.4 is 10.2 Å². The maximum absolute atomic E-state index is 15.1. The average molecular weight is 433 g/mol. The Bertz CT molecular complexity index is 962. The van der Waals surface area contributed by atoms with Crippen molar-refractivity contribution in [3.63, 3.8) is 0 Å². The highest BCUT2D eigenvalue weighted by Crippen LogP contribution is 2.29. The molecule has 0 spiro atoms. The predicted molar refractivity (Wildman–Crippen MR) is 111 cm³/mol. The summed E-state index contributed by atoms with van der Waals surface area (Å²) in [5.74, 6) is -2.31. The number of ether oxygens (including phenoxy) is 1. The number of hydrogen-bond donors (Lipinski definition) is 1.